The summed E-state index contributed by atoms with van der Waals surface area (Å²) in [5, 5.41) is 40.0. The van der Waals surface area contributed by atoms with E-state index in [1.165, 1.54) is 0 Å². The Bertz CT molecular complexity index is 1030. The number of rotatable bonds is 13. The van der Waals surface area contributed by atoms with Gasteiger partial charge >= 0.3 is 6.09 Å². The molecule has 0 aromatic carbocycles. The molecule has 1 unspecified atom stereocenters. The van der Waals surface area contributed by atoms with Crippen LogP contribution in [0.5, 0.6) is 0 Å². The standard InChI is InChI=1S/C29H51N5O11/c1-15-10-19(35)27(41-14-15)44-25-18(34-21(37)8-9-33-28(40)45-29(2,3)4)11-17(30)24(23(25)38)43-22-7-5-6-16(42-22)12-32-13-20(36)26(31)39/h6,15,17-20,22-25,27,32,35-36,38H,5,7-14,30H2,1-4H3,(H2,31,39)(H,33,40)(H,34,37)/t15-,17-,18+,19+,20?,22+,23-,24+,25-,27+/m0/s1. The first-order valence-corrected chi connectivity index (χ1v) is 15.5. The number of amides is 3. The predicted molar refractivity (Wildman–Crippen MR) is 159 cm³/mol. The van der Waals surface area contributed by atoms with E-state index in [4.69, 9.17) is 35.2 Å². The van der Waals surface area contributed by atoms with E-state index in [1.54, 1.807) is 20.8 Å². The Labute approximate surface area is 263 Å². The fourth-order valence-electron chi connectivity index (χ4n) is 5.33. The third-order valence-electron chi connectivity index (χ3n) is 7.51. The van der Waals surface area contributed by atoms with E-state index in [2.05, 4.69) is 16.0 Å². The van der Waals surface area contributed by atoms with Gasteiger partial charge in [0, 0.05) is 32.0 Å². The van der Waals surface area contributed by atoms with Crippen LogP contribution in [-0.4, -0.2) is 120 Å². The lowest BCUT2D eigenvalue weighted by Gasteiger charge is -2.46. The topological polar surface area (TPSA) is 246 Å². The summed E-state index contributed by atoms with van der Waals surface area (Å²) in [6.07, 6.45) is -4.60. The lowest BCUT2D eigenvalue weighted by molar-refractivity contribution is -0.282. The Kier molecular flexibility index (Phi) is 13.8. The molecule has 10 N–H and O–H groups in total. The van der Waals surface area contributed by atoms with Crippen LogP contribution in [0.15, 0.2) is 11.8 Å². The lowest BCUT2D eigenvalue weighted by atomic mass is 9.83. The number of aliphatic hydroxyl groups excluding tert-OH is 3. The summed E-state index contributed by atoms with van der Waals surface area (Å²) < 4.78 is 29.1. The Balaban J connectivity index is 1.62. The van der Waals surface area contributed by atoms with Gasteiger partial charge < -0.3 is 66.4 Å². The molecule has 2 fully saturated rings. The van der Waals surface area contributed by atoms with E-state index in [0.29, 0.717) is 31.6 Å². The molecule has 3 rings (SSSR count). The molecule has 0 spiro atoms. The Morgan fingerprint density at radius 1 is 1.16 bits per heavy atom. The van der Waals surface area contributed by atoms with E-state index < -0.39 is 78.7 Å². The number of alkyl carbamates (subject to hydrolysis) is 1. The molecule has 16 heteroatoms. The first-order chi connectivity index (χ1) is 21.1. The van der Waals surface area contributed by atoms with Crippen molar-refractivity contribution in [3.05, 3.63) is 11.8 Å². The van der Waals surface area contributed by atoms with Gasteiger partial charge in [0.1, 0.15) is 41.9 Å². The predicted octanol–water partition coefficient (Wildman–Crippen LogP) is -1.55. The number of hydrogen-bond donors (Lipinski definition) is 8. The minimum Gasteiger partial charge on any atom is -0.468 e. The van der Waals surface area contributed by atoms with Gasteiger partial charge in [0.2, 0.25) is 11.8 Å². The van der Waals surface area contributed by atoms with Crippen molar-refractivity contribution in [3.63, 3.8) is 0 Å². The van der Waals surface area contributed by atoms with Crippen LogP contribution in [0.2, 0.25) is 0 Å². The minimum atomic E-state index is -1.34. The van der Waals surface area contributed by atoms with Gasteiger partial charge in [-0.15, -0.1) is 0 Å². The normalized spacial score (nSPS) is 32.9. The molecule has 0 bridgehead atoms. The van der Waals surface area contributed by atoms with Crippen molar-refractivity contribution in [3.8, 4) is 0 Å². The third kappa shape index (κ3) is 11.9. The van der Waals surface area contributed by atoms with Crippen molar-refractivity contribution < 1.29 is 53.4 Å². The minimum absolute atomic E-state index is 0.0207. The summed E-state index contributed by atoms with van der Waals surface area (Å²) in [7, 11) is 0. The fourth-order valence-corrected chi connectivity index (χ4v) is 5.33. The lowest BCUT2D eigenvalue weighted by Crippen LogP contribution is -2.66. The Morgan fingerprint density at radius 3 is 2.56 bits per heavy atom. The molecule has 0 aromatic heterocycles. The van der Waals surface area contributed by atoms with Gasteiger partial charge in [-0.2, -0.15) is 0 Å². The van der Waals surface area contributed by atoms with Crippen molar-refractivity contribution in [2.24, 2.45) is 17.4 Å². The smallest absolute Gasteiger partial charge is 0.407 e. The number of ether oxygens (including phenoxy) is 5. The second-order valence-corrected chi connectivity index (χ2v) is 12.9. The maximum atomic E-state index is 12.9. The van der Waals surface area contributed by atoms with Gasteiger partial charge in [-0.05, 0) is 52.0 Å². The third-order valence-corrected chi connectivity index (χ3v) is 7.51. The van der Waals surface area contributed by atoms with Gasteiger partial charge in [-0.1, -0.05) is 6.92 Å². The molecule has 10 atom stereocenters. The molecule has 0 aromatic rings. The maximum absolute atomic E-state index is 12.9. The summed E-state index contributed by atoms with van der Waals surface area (Å²) >= 11 is 0. The average molecular weight is 646 g/mol. The van der Waals surface area contributed by atoms with Crippen molar-refractivity contribution in [1.82, 2.24) is 16.0 Å². The number of aliphatic hydroxyl groups is 3. The molecule has 2 heterocycles. The van der Waals surface area contributed by atoms with Gasteiger partial charge in [0.25, 0.3) is 0 Å². The summed E-state index contributed by atoms with van der Waals surface area (Å²) in [5.74, 6) is -0.617. The van der Waals surface area contributed by atoms with Crippen LogP contribution in [-0.2, 0) is 33.3 Å². The molecule has 1 saturated heterocycles. The van der Waals surface area contributed by atoms with Crippen LogP contribution in [0.4, 0.5) is 4.79 Å². The summed E-state index contributed by atoms with van der Waals surface area (Å²) in [6, 6.07) is -1.49. The molecular weight excluding hydrogens is 594 g/mol. The highest BCUT2D eigenvalue weighted by Crippen LogP contribution is 2.31. The average Bonchev–Trinajstić information content (AvgIpc) is 2.93. The molecule has 2 aliphatic heterocycles. The van der Waals surface area contributed by atoms with E-state index in [-0.39, 0.29) is 38.4 Å². The highest BCUT2D eigenvalue weighted by molar-refractivity contribution is 5.78. The van der Waals surface area contributed by atoms with E-state index in [9.17, 15) is 29.7 Å². The molecule has 45 heavy (non-hydrogen) atoms. The quantitative estimate of drug-likeness (QED) is 0.113. The summed E-state index contributed by atoms with van der Waals surface area (Å²) in [6.45, 7) is 7.67. The van der Waals surface area contributed by atoms with E-state index in [1.807, 2.05) is 13.0 Å². The number of primary amides is 1. The molecule has 0 radical (unpaired) electrons. The SMILES string of the molecule is C[C@@H]1CO[C@H](O[C@@H]2[C@@H](O)[C@H](O[C@@H]3CCC=C(CNCC(O)C(N)=O)O3)[C@@H](N)C[C@H]2NC(=O)CCNC(=O)OC(C)(C)C)[C@H](O)C1. The molecule has 3 aliphatic rings. The fraction of sp³-hybridized carbons (Fsp3) is 0.828. The monoisotopic (exact) mass is 645 g/mol. The van der Waals surface area contributed by atoms with Crippen molar-refractivity contribution >= 4 is 17.9 Å². The second kappa shape index (κ2) is 16.8. The molecule has 1 saturated carbocycles. The molecule has 3 amide bonds. The van der Waals surface area contributed by atoms with Gasteiger partial charge in [0.05, 0.1) is 19.2 Å². The number of hydrogen-bond acceptors (Lipinski definition) is 13. The number of nitrogens with two attached hydrogens (primary N) is 2. The zero-order valence-electron chi connectivity index (χ0n) is 26.5. The summed E-state index contributed by atoms with van der Waals surface area (Å²) in [5.41, 5.74) is 10.9. The largest absolute Gasteiger partial charge is 0.468 e. The van der Waals surface area contributed by atoms with E-state index >= 15 is 0 Å². The van der Waals surface area contributed by atoms with Gasteiger partial charge in [0.15, 0.2) is 12.6 Å². The highest BCUT2D eigenvalue weighted by Gasteiger charge is 2.48. The van der Waals surface area contributed by atoms with Crippen LogP contribution in [0.1, 0.15) is 59.8 Å². The van der Waals surface area contributed by atoms with Crippen LogP contribution in [0, 0.1) is 5.92 Å². The molecule has 16 nitrogen and oxygen atoms in total. The number of nitrogens with one attached hydrogen (secondary N) is 3. The second-order valence-electron chi connectivity index (χ2n) is 12.9. The Morgan fingerprint density at radius 2 is 1.89 bits per heavy atom. The Hall–Kier alpha value is -2.57. The molecular formula is C29H51N5O11. The van der Waals surface area contributed by atoms with Gasteiger partial charge in [-0.25, -0.2) is 4.79 Å². The zero-order chi connectivity index (χ0) is 33.3. The first-order valence-electron chi connectivity index (χ1n) is 15.5. The van der Waals surface area contributed by atoms with Crippen molar-refractivity contribution in [1.29, 1.82) is 0 Å². The van der Waals surface area contributed by atoms with Crippen molar-refractivity contribution in [2.75, 3.05) is 26.2 Å². The number of carbonyl (C=O) groups is 3. The number of allylic oxidation sites excluding steroid dienone is 1. The zero-order valence-corrected chi connectivity index (χ0v) is 26.5. The van der Waals surface area contributed by atoms with Crippen LogP contribution < -0.4 is 27.4 Å². The van der Waals surface area contributed by atoms with E-state index in [0.717, 1.165) is 0 Å². The molecule has 258 valence electrons. The van der Waals surface area contributed by atoms with Crippen molar-refractivity contribution in [2.45, 2.75) is 121 Å². The summed E-state index contributed by atoms with van der Waals surface area (Å²) in [4.78, 5) is 35.9. The van der Waals surface area contributed by atoms with Gasteiger partial charge in [-0.3, -0.25) is 9.59 Å². The maximum Gasteiger partial charge on any atom is 0.407 e. The van der Waals surface area contributed by atoms with Crippen LogP contribution in [0.25, 0.3) is 0 Å². The first kappa shape index (κ1) is 36.9. The molecule has 1 aliphatic carbocycles. The van der Waals surface area contributed by atoms with Crippen LogP contribution >= 0.6 is 0 Å². The highest BCUT2D eigenvalue weighted by atomic mass is 16.7. The number of carbonyl (C=O) groups excluding carboxylic acids is 3. The van der Waals surface area contributed by atoms with Crippen LogP contribution in [0.3, 0.4) is 0 Å².